The first-order valence-corrected chi connectivity index (χ1v) is 9.22. The fraction of sp³-hybridized carbons (Fsp3) is 0.450. The Bertz CT molecular complexity index is 943. The molecule has 0 bridgehead atoms. The summed E-state index contributed by atoms with van der Waals surface area (Å²) < 4.78 is 2.55. The molecule has 1 N–H and O–H groups in total. The van der Waals surface area contributed by atoms with E-state index in [0.29, 0.717) is 18.9 Å². The van der Waals surface area contributed by atoms with Gasteiger partial charge in [0.2, 0.25) is 5.91 Å². The summed E-state index contributed by atoms with van der Waals surface area (Å²) in [6, 6.07) is 9.55. The summed E-state index contributed by atoms with van der Waals surface area (Å²) in [5.74, 6) is 0.414. The topological polar surface area (TPSA) is 76.3 Å². The molecule has 1 fully saturated rings. The molecule has 0 unspecified atom stereocenters. The van der Waals surface area contributed by atoms with Crippen LogP contribution in [0.2, 0.25) is 0 Å². The van der Waals surface area contributed by atoms with Gasteiger partial charge in [0.1, 0.15) is 5.82 Å². The summed E-state index contributed by atoms with van der Waals surface area (Å²) in [7, 11) is 3.12. The highest BCUT2D eigenvalue weighted by atomic mass is 16.2. The first-order chi connectivity index (χ1) is 12.9. The molecule has 0 aliphatic carbocycles. The Hall–Kier alpha value is -2.83. The van der Waals surface area contributed by atoms with Crippen LogP contribution in [0.3, 0.4) is 0 Å². The molecule has 7 nitrogen and oxygen atoms in total. The molecule has 144 valence electrons. The Balaban J connectivity index is 1.69. The number of nitrogens with zero attached hydrogens (tertiary/aromatic N) is 3. The molecule has 1 aliphatic rings. The molecule has 3 rings (SSSR count). The number of aryl methyl sites for hydroxylation is 1. The van der Waals surface area contributed by atoms with Crippen LogP contribution in [0.4, 0.5) is 5.82 Å². The number of benzene rings is 1. The summed E-state index contributed by atoms with van der Waals surface area (Å²) in [4.78, 5) is 38.7. The molecule has 2 aromatic rings. The van der Waals surface area contributed by atoms with Crippen LogP contribution in [-0.2, 0) is 25.4 Å². The van der Waals surface area contributed by atoms with E-state index in [4.69, 9.17) is 0 Å². The first-order valence-electron chi connectivity index (χ1n) is 9.22. The van der Waals surface area contributed by atoms with Crippen molar-refractivity contribution in [1.82, 2.24) is 14.5 Å². The maximum atomic E-state index is 12.6. The van der Waals surface area contributed by atoms with Gasteiger partial charge in [-0.25, -0.2) is 4.79 Å². The van der Waals surface area contributed by atoms with Gasteiger partial charge in [0.25, 0.3) is 5.56 Å². The minimum absolute atomic E-state index is 0.00843. The summed E-state index contributed by atoms with van der Waals surface area (Å²) in [5, 5.41) is 3.01. The number of hydrogen-bond acceptors (Lipinski definition) is 4. The lowest BCUT2D eigenvalue weighted by Gasteiger charge is -2.34. The number of carbonyl (C=O) groups excluding carboxylic acids is 1. The lowest BCUT2D eigenvalue weighted by atomic mass is 9.97. The lowest BCUT2D eigenvalue weighted by molar-refractivity contribution is -0.125. The van der Waals surface area contributed by atoms with E-state index < -0.39 is 0 Å². The predicted octanol–water partition coefficient (Wildman–Crippen LogP) is 0.925. The minimum atomic E-state index is -0.358. The molecule has 2 heterocycles. The van der Waals surface area contributed by atoms with Crippen molar-refractivity contribution in [2.45, 2.75) is 26.3 Å². The molecule has 1 aromatic carbocycles. The normalized spacial score (nSPS) is 17.0. The second-order valence-electron chi connectivity index (χ2n) is 7.23. The van der Waals surface area contributed by atoms with Crippen molar-refractivity contribution in [2.24, 2.45) is 20.0 Å². The van der Waals surface area contributed by atoms with Crippen LogP contribution < -0.4 is 21.5 Å². The van der Waals surface area contributed by atoms with Crippen molar-refractivity contribution in [3.05, 3.63) is 62.3 Å². The van der Waals surface area contributed by atoms with Gasteiger partial charge in [0.15, 0.2) is 0 Å². The summed E-state index contributed by atoms with van der Waals surface area (Å²) in [6.45, 7) is 3.76. The summed E-state index contributed by atoms with van der Waals surface area (Å²) >= 11 is 0. The van der Waals surface area contributed by atoms with Gasteiger partial charge in [0, 0.05) is 39.8 Å². The Morgan fingerprint density at radius 3 is 2.56 bits per heavy atom. The minimum Gasteiger partial charge on any atom is -0.357 e. The van der Waals surface area contributed by atoms with E-state index in [0.717, 1.165) is 29.5 Å². The van der Waals surface area contributed by atoms with E-state index in [1.807, 2.05) is 36.1 Å². The van der Waals surface area contributed by atoms with Gasteiger partial charge in [0.05, 0.1) is 5.92 Å². The number of piperidine rings is 1. The number of carbonyl (C=O) groups is 1. The van der Waals surface area contributed by atoms with Crippen LogP contribution in [0.15, 0.2) is 39.9 Å². The van der Waals surface area contributed by atoms with Crippen molar-refractivity contribution in [3.8, 4) is 0 Å². The standard InChI is InChI=1S/C20H26N4O3/c1-14-6-8-15(9-7-14)12-21-19(26)16-5-4-10-24(13-16)17-11-18(25)23(3)20(27)22(17)2/h6-9,11,16H,4-5,10,12-13H2,1-3H3,(H,21,26)/t16-/m1/s1. The highest BCUT2D eigenvalue weighted by Crippen LogP contribution is 2.21. The third kappa shape index (κ3) is 4.13. The average molecular weight is 370 g/mol. The number of amides is 1. The SMILES string of the molecule is Cc1ccc(CNC(=O)[C@@H]2CCCN(c3cc(=O)n(C)c(=O)n3C)C2)cc1. The summed E-state index contributed by atoms with van der Waals surface area (Å²) in [5.41, 5.74) is 1.56. The van der Waals surface area contributed by atoms with Crippen molar-refractivity contribution in [3.63, 3.8) is 0 Å². The van der Waals surface area contributed by atoms with E-state index >= 15 is 0 Å². The van der Waals surface area contributed by atoms with Crippen molar-refractivity contribution < 1.29 is 4.79 Å². The molecule has 1 saturated heterocycles. The van der Waals surface area contributed by atoms with E-state index in [9.17, 15) is 14.4 Å². The second kappa shape index (κ2) is 7.82. The Kier molecular flexibility index (Phi) is 5.48. The fourth-order valence-corrected chi connectivity index (χ4v) is 3.46. The smallest absolute Gasteiger partial charge is 0.332 e. The van der Waals surface area contributed by atoms with Crippen LogP contribution in [0.1, 0.15) is 24.0 Å². The second-order valence-corrected chi connectivity index (χ2v) is 7.23. The number of nitrogens with one attached hydrogen (secondary N) is 1. The maximum Gasteiger partial charge on any atom is 0.332 e. The monoisotopic (exact) mass is 370 g/mol. The third-order valence-corrected chi connectivity index (χ3v) is 5.20. The molecule has 0 saturated carbocycles. The van der Waals surface area contributed by atoms with Crippen LogP contribution in [0.25, 0.3) is 0 Å². The molecular formula is C20H26N4O3. The number of anilines is 1. The first kappa shape index (κ1) is 18.9. The number of aromatic nitrogens is 2. The Morgan fingerprint density at radius 2 is 1.85 bits per heavy atom. The zero-order valence-electron chi connectivity index (χ0n) is 16.1. The van der Waals surface area contributed by atoms with Crippen LogP contribution in [-0.4, -0.2) is 28.1 Å². The highest BCUT2D eigenvalue weighted by Gasteiger charge is 2.27. The van der Waals surface area contributed by atoms with Crippen LogP contribution in [0, 0.1) is 12.8 Å². The number of hydrogen-bond donors (Lipinski definition) is 1. The van der Waals surface area contributed by atoms with Gasteiger partial charge in [-0.2, -0.15) is 0 Å². The van der Waals surface area contributed by atoms with E-state index in [2.05, 4.69) is 5.32 Å². The van der Waals surface area contributed by atoms with Crippen molar-refractivity contribution in [1.29, 1.82) is 0 Å². The zero-order valence-corrected chi connectivity index (χ0v) is 16.1. The molecule has 27 heavy (non-hydrogen) atoms. The molecule has 7 heteroatoms. The average Bonchev–Trinajstić information content (AvgIpc) is 2.68. The van der Waals surface area contributed by atoms with Crippen LogP contribution >= 0.6 is 0 Å². The Labute approximate surface area is 158 Å². The predicted molar refractivity (Wildman–Crippen MR) is 105 cm³/mol. The number of rotatable bonds is 4. The zero-order chi connectivity index (χ0) is 19.6. The molecule has 1 aromatic heterocycles. The van der Waals surface area contributed by atoms with E-state index in [1.165, 1.54) is 23.2 Å². The van der Waals surface area contributed by atoms with Crippen LogP contribution in [0.5, 0.6) is 0 Å². The van der Waals surface area contributed by atoms with Gasteiger partial charge in [-0.1, -0.05) is 29.8 Å². The van der Waals surface area contributed by atoms with Gasteiger partial charge in [-0.15, -0.1) is 0 Å². The van der Waals surface area contributed by atoms with E-state index in [-0.39, 0.29) is 23.1 Å². The fourth-order valence-electron chi connectivity index (χ4n) is 3.46. The highest BCUT2D eigenvalue weighted by molar-refractivity contribution is 5.79. The van der Waals surface area contributed by atoms with E-state index in [1.54, 1.807) is 7.05 Å². The van der Waals surface area contributed by atoms with Gasteiger partial charge >= 0.3 is 5.69 Å². The molecule has 1 atom stereocenters. The van der Waals surface area contributed by atoms with Gasteiger partial charge < -0.3 is 10.2 Å². The third-order valence-electron chi connectivity index (χ3n) is 5.20. The maximum absolute atomic E-state index is 12.6. The Morgan fingerprint density at radius 1 is 1.15 bits per heavy atom. The molecular weight excluding hydrogens is 344 g/mol. The van der Waals surface area contributed by atoms with Gasteiger partial charge in [-0.3, -0.25) is 18.7 Å². The largest absolute Gasteiger partial charge is 0.357 e. The van der Waals surface area contributed by atoms with Crippen molar-refractivity contribution >= 4 is 11.7 Å². The lowest BCUT2D eigenvalue weighted by Crippen LogP contribution is -2.46. The quantitative estimate of drug-likeness (QED) is 0.869. The molecule has 1 aliphatic heterocycles. The molecule has 0 spiro atoms. The molecule has 1 amide bonds. The van der Waals surface area contributed by atoms with Gasteiger partial charge in [-0.05, 0) is 25.3 Å². The van der Waals surface area contributed by atoms with Crippen molar-refractivity contribution in [2.75, 3.05) is 18.0 Å². The molecule has 0 radical (unpaired) electrons. The summed E-state index contributed by atoms with van der Waals surface area (Å²) in [6.07, 6.45) is 1.64.